The third kappa shape index (κ3) is 2.83. The molecule has 0 unspecified atom stereocenters. The van der Waals surface area contributed by atoms with E-state index in [4.69, 9.17) is 16.7 Å². The van der Waals surface area contributed by atoms with Crippen LogP contribution < -0.4 is 5.32 Å². The number of hydrogen-bond acceptors (Lipinski definition) is 3. The normalized spacial score (nSPS) is 10.4. The molecule has 1 heterocycles. The van der Waals surface area contributed by atoms with Crippen LogP contribution in [0, 0.1) is 17.5 Å². The molecule has 0 fully saturated rings. The third-order valence-corrected chi connectivity index (χ3v) is 2.53. The number of nitrogens with one attached hydrogen (secondary N) is 1. The Balaban J connectivity index is 2.40. The minimum absolute atomic E-state index is 0.111. The highest BCUT2D eigenvalue weighted by atomic mass is 35.5. The molecule has 0 bridgehead atoms. The van der Waals surface area contributed by atoms with Gasteiger partial charge in [0.15, 0.2) is 17.5 Å². The number of carboxylic acids is 1. The van der Waals surface area contributed by atoms with E-state index in [0.29, 0.717) is 0 Å². The summed E-state index contributed by atoms with van der Waals surface area (Å²) in [6.45, 7) is 0. The monoisotopic (exact) mass is 302 g/mol. The predicted molar refractivity (Wildman–Crippen MR) is 65.8 cm³/mol. The van der Waals surface area contributed by atoms with Crippen molar-refractivity contribution in [3.05, 3.63) is 52.4 Å². The van der Waals surface area contributed by atoms with E-state index < -0.39 is 29.1 Å². The van der Waals surface area contributed by atoms with Gasteiger partial charge in [0.2, 0.25) is 0 Å². The minimum atomic E-state index is -1.64. The number of aromatic nitrogens is 1. The van der Waals surface area contributed by atoms with E-state index in [1.54, 1.807) is 0 Å². The van der Waals surface area contributed by atoms with Crippen molar-refractivity contribution in [2.24, 2.45) is 0 Å². The Kier molecular flexibility index (Phi) is 3.80. The number of rotatable bonds is 3. The van der Waals surface area contributed by atoms with Crippen LogP contribution in [0.2, 0.25) is 5.15 Å². The maximum atomic E-state index is 13.5. The van der Waals surface area contributed by atoms with Crippen molar-refractivity contribution in [1.29, 1.82) is 0 Å². The van der Waals surface area contributed by atoms with Crippen LogP contribution in [0.1, 0.15) is 10.4 Å². The molecular weight excluding hydrogens is 297 g/mol. The van der Waals surface area contributed by atoms with Gasteiger partial charge in [0.25, 0.3) is 0 Å². The first-order valence-electron chi connectivity index (χ1n) is 5.20. The van der Waals surface area contributed by atoms with Gasteiger partial charge in [-0.3, -0.25) is 0 Å². The maximum Gasteiger partial charge on any atom is 0.335 e. The van der Waals surface area contributed by atoms with E-state index in [-0.39, 0.29) is 16.5 Å². The van der Waals surface area contributed by atoms with Crippen molar-refractivity contribution in [1.82, 2.24) is 4.98 Å². The zero-order valence-corrected chi connectivity index (χ0v) is 10.4. The molecule has 0 aliphatic carbocycles. The molecule has 0 saturated carbocycles. The molecular formula is C12H6ClF3N2O2. The molecule has 1 aromatic heterocycles. The van der Waals surface area contributed by atoms with Crippen LogP contribution in [0.4, 0.5) is 24.7 Å². The highest BCUT2D eigenvalue weighted by molar-refractivity contribution is 6.29. The quantitative estimate of drug-likeness (QED) is 0.672. The Morgan fingerprint density at radius 2 is 1.90 bits per heavy atom. The lowest BCUT2D eigenvalue weighted by molar-refractivity contribution is 0.0697. The molecule has 2 aromatic rings. The molecule has 4 nitrogen and oxygen atoms in total. The Morgan fingerprint density at radius 3 is 2.55 bits per heavy atom. The lowest BCUT2D eigenvalue weighted by Crippen LogP contribution is -2.03. The molecule has 0 saturated heterocycles. The van der Waals surface area contributed by atoms with Crippen molar-refractivity contribution in [2.75, 3.05) is 5.32 Å². The van der Waals surface area contributed by atoms with E-state index >= 15 is 0 Å². The number of carboxylic acid groups (broad SMARTS) is 1. The zero-order valence-electron chi connectivity index (χ0n) is 9.62. The Hall–Kier alpha value is -2.28. The summed E-state index contributed by atoms with van der Waals surface area (Å²) in [5.41, 5.74) is -0.578. The molecule has 1 aromatic carbocycles. The fraction of sp³-hybridized carbons (Fsp3) is 0. The smallest absolute Gasteiger partial charge is 0.335 e. The first-order valence-corrected chi connectivity index (χ1v) is 5.57. The second-order valence-corrected chi connectivity index (χ2v) is 4.10. The second-order valence-electron chi connectivity index (χ2n) is 3.72. The molecule has 0 aliphatic heterocycles. The van der Waals surface area contributed by atoms with E-state index in [2.05, 4.69) is 10.3 Å². The topological polar surface area (TPSA) is 62.2 Å². The number of nitrogens with zero attached hydrogens (tertiary/aromatic N) is 1. The predicted octanol–water partition coefficient (Wildman–Crippen LogP) is 3.59. The number of pyridine rings is 1. The average Bonchev–Trinajstić information content (AvgIpc) is 2.39. The molecule has 2 N–H and O–H groups in total. The van der Waals surface area contributed by atoms with Gasteiger partial charge in [0.1, 0.15) is 11.0 Å². The van der Waals surface area contributed by atoms with E-state index in [0.717, 1.165) is 24.3 Å². The van der Waals surface area contributed by atoms with Crippen LogP contribution in [0.25, 0.3) is 0 Å². The largest absolute Gasteiger partial charge is 0.478 e. The van der Waals surface area contributed by atoms with Gasteiger partial charge in [-0.05, 0) is 24.3 Å². The Bertz CT molecular complexity index is 695. The number of aromatic carboxylic acids is 1. The van der Waals surface area contributed by atoms with E-state index in [9.17, 15) is 18.0 Å². The van der Waals surface area contributed by atoms with Crippen LogP contribution >= 0.6 is 11.6 Å². The first kappa shape index (κ1) is 14.1. The van der Waals surface area contributed by atoms with Gasteiger partial charge in [0, 0.05) is 0 Å². The van der Waals surface area contributed by atoms with Crippen LogP contribution in [0.5, 0.6) is 0 Å². The summed E-state index contributed by atoms with van der Waals surface area (Å²) in [6.07, 6.45) is 0. The van der Waals surface area contributed by atoms with Gasteiger partial charge in [-0.25, -0.2) is 22.9 Å². The van der Waals surface area contributed by atoms with Crippen molar-refractivity contribution in [2.45, 2.75) is 0 Å². The SMILES string of the molecule is O=C(O)c1cc(Cl)nc(Nc2ccc(F)c(F)c2F)c1. The second kappa shape index (κ2) is 5.38. The summed E-state index contributed by atoms with van der Waals surface area (Å²) in [7, 11) is 0. The summed E-state index contributed by atoms with van der Waals surface area (Å²) in [6, 6.07) is 3.85. The molecule has 0 spiro atoms. The summed E-state index contributed by atoms with van der Waals surface area (Å²) >= 11 is 5.61. The summed E-state index contributed by atoms with van der Waals surface area (Å²) < 4.78 is 39.3. The Labute approximate surface area is 115 Å². The lowest BCUT2D eigenvalue weighted by Gasteiger charge is -2.08. The van der Waals surface area contributed by atoms with Gasteiger partial charge in [-0.2, -0.15) is 0 Å². The average molecular weight is 303 g/mol. The van der Waals surface area contributed by atoms with Crippen molar-refractivity contribution in [3.63, 3.8) is 0 Å². The van der Waals surface area contributed by atoms with E-state index in [1.165, 1.54) is 0 Å². The Morgan fingerprint density at radius 1 is 1.20 bits per heavy atom. The minimum Gasteiger partial charge on any atom is -0.478 e. The number of benzene rings is 1. The fourth-order valence-electron chi connectivity index (χ4n) is 1.44. The standard InChI is InChI=1S/C12H6ClF3N2O2/c13-8-3-5(12(19)20)4-9(18-8)17-7-2-1-6(14)10(15)11(7)16/h1-4H,(H,17,18)(H,19,20). The molecule has 104 valence electrons. The number of hydrogen-bond donors (Lipinski definition) is 2. The zero-order chi connectivity index (χ0) is 14.9. The van der Waals surface area contributed by atoms with Gasteiger partial charge in [0.05, 0.1) is 11.3 Å². The van der Waals surface area contributed by atoms with Gasteiger partial charge < -0.3 is 10.4 Å². The third-order valence-electron chi connectivity index (χ3n) is 2.34. The van der Waals surface area contributed by atoms with Crippen LogP contribution in [0.15, 0.2) is 24.3 Å². The lowest BCUT2D eigenvalue weighted by atomic mass is 10.2. The summed E-state index contributed by atoms with van der Waals surface area (Å²) in [5, 5.41) is 11.0. The fourth-order valence-corrected chi connectivity index (χ4v) is 1.65. The van der Waals surface area contributed by atoms with Crippen molar-refractivity contribution in [3.8, 4) is 0 Å². The first-order chi connectivity index (χ1) is 9.38. The molecule has 0 amide bonds. The van der Waals surface area contributed by atoms with Gasteiger partial charge in [-0.15, -0.1) is 0 Å². The molecule has 2 rings (SSSR count). The van der Waals surface area contributed by atoms with Gasteiger partial charge >= 0.3 is 5.97 Å². The highest BCUT2D eigenvalue weighted by Gasteiger charge is 2.15. The maximum absolute atomic E-state index is 13.5. The molecule has 20 heavy (non-hydrogen) atoms. The summed E-state index contributed by atoms with van der Waals surface area (Å²) in [5.74, 6) is -5.79. The van der Waals surface area contributed by atoms with Crippen LogP contribution in [-0.2, 0) is 0 Å². The van der Waals surface area contributed by atoms with Crippen molar-refractivity contribution < 1.29 is 23.1 Å². The molecule has 0 atom stereocenters. The number of anilines is 2. The highest BCUT2D eigenvalue weighted by Crippen LogP contribution is 2.24. The number of halogens is 4. The molecule has 8 heteroatoms. The summed E-state index contributed by atoms with van der Waals surface area (Å²) in [4.78, 5) is 14.5. The number of carbonyl (C=O) groups is 1. The molecule has 0 aliphatic rings. The van der Waals surface area contributed by atoms with Crippen molar-refractivity contribution >= 4 is 29.1 Å². The van der Waals surface area contributed by atoms with E-state index in [1.807, 2.05) is 0 Å². The van der Waals surface area contributed by atoms with Crippen LogP contribution in [-0.4, -0.2) is 16.1 Å². The molecule has 0 radical (unpaired) electrons. The van der Waals surface area contributed by atoms with Crippen LogP contribution in [0.3, 0.4) is 0 Å². The van der Waals surface area contributed by atoms with Gasteiger partial charge in [-0.1, -0.05) is 11.6 Å².